The maximum Gasteiger partial charge on any atom is 0.224 e. The van der Waals surface area contributed by atoms with E-state index in [1.807, 2.05) is 13.0 Å². The highest BCUT2D eigenvalue weighted by atomic mass is 16.1. The van der Waals surface area contributed by atoms with E-state index in [4.69, 9.17) is 0 Å². The van der Waals surface area contributed by atoms with Gasteiger partial charge in [0.05, 0.1) is 6.42 Å². The Balaban J connectivity index is 1.77. The first-order valence-electron chi connectivity index (χ1n) is 5.76. The van der Waals surface area contributed by atoms with Crippen LogP contribution in [0, 0.1) is 6.92 Å². The van der Waals surface area contributed by atoms with E-state index in [0.717, 1.165) is 17.0 Å². The van der Waals surface area contributed by atoms with E-state index in [2.05, 4.69) is 25.5 Å². The minimum absolute atomic E-state index is 0.00869. The predicted octanol–water partition coefficient (Wildman–Crippen LogP) is 0.410. The lowest BCUT2D eigenvalue weighted by Gasteiger charge is -2.05. The number of carbonyl (C=O) groups is 1. The maximum absolute atomic E-state index is 11.7. The number of amides is 1. The van der Waals surface area contributed by atoms with Crippen molar-refractivity contribution in [1.82, 2.24) is 25.5 Å². The number of aryl methyl sites for hydroxylation is 1. The number of H-pyrrole nitrogens is 1. The summed E-state index contributed by atoms with van der Waals surface area (Å²) in [5.74, 6) is 0.762. The van der Waals surface area contributed by atoms with Gasteiger partial charge < -0.3 is 5.32 Å². The molecule has 0 aromatic carbocycles. The molecular formula is C12H15N5O. The summed E-state index contributed by atoms with van der Waals surface area (Å²) in [5.41, 5.74) is 2.03. The summed E-state index contributed by atoms with van der Waals surface area (Å²) in [4.78, 5) is 19.7. The van der Waals surface area contributed by atoms with E-state index < -0.39 is 0 Å². The van der Waals surface area contributed by atoms with Gasteiger partial charge in [0.2, 0.25) is 5.91 Å². The second kappa shape index (κ2) is 5.90. The van der Waals surface area contributed by atoms with Gasteiger partial charge in [0.25, 0.3) is 0 Å². The Morgan fingerprint density at radius 1 is 1.50 bits per heavy atom. The number of pyridine rings is 1. The Bertz CT molecular complexity index is 509. The fraction of sp³-hybridized carbons (Fsp3) is 0.333. The van der Waals surface area contributed by atoms with Crippen LogP contribution in [0.2, 0.25) is 0 Å². The van der Waals surface area contributed by atoms with Crippen LogP contribution in [-0.4, -0.2) is 32.6 Å². The molecule has 6 heteroatoms. The van der Waals surface area contributed by atoms with Crippen LogP contribution in [0.3, 0.4) is 0 Å². The fourth-order valence-corrected chi connectivity index (χ4v) is 1.59. The molecule has 1 amide bonds. The van der Waals surface area contributed by atoms with E-state index in [0.29, 0.717) is 19.4 Å². The molecule has 0 aliphatic carbocycles. The fourth-order valence-electron chi connectivity index (χ4n) is 1.59. The summed E-state index contributed by atoms with van der Waals surface area (Å²) >= 11 is 0. The summed E-state index contributed by atoms with van der Waals surface area (Å²) in [6.07, 6.45) is 5.91. The molecule has 0 bridgehead atoms. The quantitative estimate of drug-likeness (QED) is 0.799. The Morgan fingerprint density at radius 3 is 3.11 bits per heavy atom. The third kappa shape index (κ3) is 3.38. The zero-order valence-electron chi connectivity index (χ0n) is 10.2. The lowest BCUT2D eigenvalue weighted by molar-refractivity contribution is -0.120. The molecule has 18 heavy (non-hydrogen) atoms. The van der Waals surface area contributed by atoms with E-state index in [-0.39, 0.29) is 5.91 Å². The van der Waals surface area contributed by atoms with Gasteiger partial charge in [-0.2, -0.15) is 5.10 Å². The van der Waals surface area contributed by atoms with E-state index in [9.17, 15) is 4.79 Å². The van der Waals surface area contributed by atoms with Crippen LogP contribution in [-0.2, 0) is 17.6 Å². The molecule has 6 nitrogen and oxygen atoms in total. The van der Waals surface area contributed by atoms with Crippen LogP contribution in [0.25, 0.3) is 0 Å². The molecule has 2 aromatic rings. The molecule has 0 radical (unpaired) electrons. The number of hydrogen-bond donors (Lipinski definition) is 2. The Kier molecular flexibility index (Phi) is 4.01. The molecule has 0 atom stereocenters. The molecule has 0 saturated carbocycles. The first kappa shape index (κ1) is 12.2. The Morgan fingerprint density at radius 2 is 2.39 bits per heavy atom. The lowest BCUT2D eigenvalue weighted by atomic mass is 10.1. The normalized spacial score (nSPS) is 10.3. The molecule has 94 valence electrons. The molecule has 0 aliphatic heterocycles. The van der Waals surface area contributed by atoms with Gasteiger partial charge in [-0.3, -0.25) is 14.9 Å². The van der Waals surface area contributed by atoms with Crippen LogP contribution in [0.4, 0.5) is 0 Å². The number of aromatic amines is 1. The van der Waals surface area contributed by atoms with Crippen molar-refractivity contribution in [3.05, 3.63) is 41.7 Å². The highest BCUT2D eigenvalue weighted by molar-refractivity contribution is 5.78. The molecule has 0 spiro atoms. The van der Waals surface area contributed by atoms with Crippen molar-refractivity contribution in [3.63, 3.8) is 0 Å². The van der Waals surface area contributed by atoms with Crippen LogP contribution in [0.15, 0.2) is 24.8 Å². The monoisotopic (exact) mass is 245 g/mol. The zero-order valence-corrected chi connectivity index (χ0v) is 10.2. The standard InChI is InChI=1S/C12H15N5O/c1-9-2-4-13-7-10(9)6-12(18)14-5-3-11-15-8-16-17-11/h2,4,7-8H,3,5-6H2,1H3,(H,14,18)(H,15,16,17). The predicted molar refractivity (Wildman–Crippen MR) is 65.8 cm³/mol. The van der Waals surface area contributed by atoms with Crippen LogP contribution >= 0.6 is 0 Å². The van der Waals surface area contributed by atoms with Gasteiger partial charge in [0, 0.05) is 25.4 Å². The topological polar surface area (TPSA) is 83.6 Å². The maximum atomic E-state index is 11.7. The summed E-state index contributed by atoms with van der Waals surface area (Å²) in [6, 6.07) is 1.90. The van der Waals surface area contributed by atoms with Gasteiger partial charge in [-0.25, -0.2) is 4.98 Å². The molecule has 2 heterocycles. The smallest absolute Gasteiger partial charge is 0.224 e. The van der Waals surface area contributed by atoms with E-state index in [1.165, 1.54) is 6.33 Å². The second-order valence-corrected chi connectivity index (χ2v) is 4.01. The number of nitrogens with zero attached hydrogens (tertiary/aromatic N) is 3. The summed E-state index contributed by atoms with van der Waals surface area (Å²) < 4.78 is 0. The average molecular weight is 245 g/mol. The summed E-state index contributed by atoms with van der Waals surface area (Å²) in [6.45, 7) is 2.52. The minimum atomic E-state index is -0.00869. The molecule has 0 fully saturated rings. The van der Waals surface area contributed by atoms with Crippen molar-refractivity contribution in [2.75, 3.05) is 6.54 Å². The van der Waals surface area contributed by atoms with E-state index in [1.54, 1.807) is 12.4 Å². The summed E-state index contributed by atoms with van der Waals surface area (Å²) in [5, 5.41) is 9.33. The van der Waals surface area contributed by atoms with Crippen molar-refractivity contribution in [2.24, 2.45) is 0 Å². The third-order valence-corrected chi connectivity index (χ3v) is 2.65. The van der Waals surface area contributed by atoms with Gasteiger partial charge >= 0.3 is 0 Å². The average Bonchev–Trinajstić information content (AvgIpc) is 2.85. The lowest BCUT2D eigenvalue weighted by Crippen LogP contribution is -2.27. The van der Waals surface area contributed by atoms with Crippen molar-refractivity contribution >= 4 is 5.91 Å². The van der Waals surface area contributed by atoms with Gasteiger partial charge in [-0.1, -0.05) is 0 Å². The second-order valence-electron chi connectivity index (χ2n) is 4.01. The Labute approximate surface area is 105 Å². The molecule has 0 saturated heterocycles. The highest BCUT2D eigenvalue weighted by Crippen LogP contribution is 2.05. The van der Waals surface area contributed by atoms with E-state index >= 15 is 0 Å². The number of hydrogen-bond acceptors (Lipinski definition) is 4. The number of aromatic nitrogens is 4. The molecule has 2 aromatic heterocycles. The van der Waals surface area contributed by atoms with Crippen molar-refractivity contribution in [3.8, 4) is 0 Å². The first-order valence-corrected chi connectivity index (χ1v) is 5.76. The minimum Gasteiger partial charge on any atom is -0.355 e. The highest BCUT2D eigenvalue weighted by Gasteiger charge is 2.05. The zero-order chi connectivity index (χ0) is 12.8. The number of carbonyl (C=O) groups excluding carboxylic acids is 1. The van der Waals surface area contributed by atoms with Crippen molar-refractivity contribution in [1.29, 1.82) is 0 Å². The van der Waals surface area contributed by atoms with Crippen LogP contribution in [0.5, 0.6) is 0 Å². The summed E-state index contributed by atoms with van der Waals surface area (Å²) in [7, 11) is 0. The van der Waals surface area contributed by atoms with Gasteiger partial charge in [-0.15, -0.1) is 0 Å². The van der Waals surface area contributed by atoms with Gasteiger partial charge in [0.1, 0.15) is 12.2 Å². The molecule has 0 aliphatic rings. The third-order valence-electron chi connectivity index (χ3n) is 2.65. The molecular weight excluding hydrogens is 230 g/mol. The van der Waals surface area contributed by atoms with Crippen LogP contribution in [0.1, 0.15) is 17.0 Å². The first-order chi connectivity index (χ1) is 8.75. The molecule has 2 N–H and O–H groups in total. The number of nitrogens with one attached hydrogen (secondary N) is 2. The van der Waals surface area contributed by atoms with Gasteiger partial charge in [-0.05, 0) is 24.1 Å². The largest absolute Gasteiger partial charge is 0.355 e. The molecule has 2 rings (SSSR count). The Hall–Kier alpha value is -2.24. The van der Waals surface area contributed by atoms with Crippen LogP contribution < -0.4 is 5.32 Å². The van der Waals surface area contributed by atoms with Crippen molar-refractivity contribution in [2.45, 2.75) is 19.8 Å². The van der Waals surface area contributed by atoms with Gasteiger partial charge in [0.15, 0.2) is 0 Å². The SMILES string of the molecule is Cc1ccncc1CC(=O)NCCc1ncn[nH]1. The van der Waals surface area contributed by atoms with Crippen molar-refractivity contribution < 1.29 is 4.79 Å². The number of rotatable bonds is 5. The molecule has 0 unspecified atom stereocenters.